The third-order valence-electron chi connectivity index (χ3n) is 2.65. The van der Waals surface area contributed by atoms with Crippen LogP contribution in [0.3, 0.4) is 0 Å². The lowest BCUT2D eigenvalue weighted by Crippen LogP contribution is -2.32. The number of carbonyl (C=O) groups is 1. The van der Waals surface area contributed by atoms with Crippen LogP contribution in [-0.2, 0) is 10.4 Å². The van der Waals surface area contributed by atoms with Crippen molar-refractivity contribution in [2.75, 3.05) is 0 Å². The van der Waals surface area contributed by atoms with Crippen molar-refractivity contribution in [2.45, 2.75) is 25.4 Å². The number of rotatable bonds is 5. The van der Waals surface area contributed by atoms with Crippen LogP contribution in [0.1, 0.15) is 25.3 Å². The van der Waals surface area contributed by atoms with E-state index in [9.17, 15) is 9.90 Å². The topological polar surface area (TPSA) is 57.5 Å². The second-order valence-electron chi connectivity index (χ2n) is 3.80. The van der Waals surface area contributed by atoms with E-state index in [1.807, 2.05) is 35.6 Å². The molecule has 0 aliphatic heterocycles. The SMILES string of the molecule is CCCC(O)(/C(=C\I)C(=O)O)c1ccccc1. The second kappa shape index (κ2) is 6.16. The molecule has 3 nitrogen and oxygen atoms in total. The first-order valence-corrected chi connectivity index (χ1v) is 6.63. The van der Waals surface area contributed by atoms with Gasteiger partial charge >= 0.3 is 5.97 Å². The Labute approximate surface area is 114 Å². The summed E-state index contributed by atoms with van der Waals surface area (Å²) in [5.74, 6) is -1.08. The van der Waals surface area contributed by atoms with Crippen molar-refractivity contribution < 1.29 is 15.0 Å². The Hall–Kier alpha value is -0.880. The van der Waals surface area contributed by atoms with Crippen molar-refractivity contribution in [3.8, 4) is 0 Å². The van der Waals surface area contributed by atoms with Gasteiger partial charge in [0.15, 0.2) is 0 Å². The molecule has 0 saturated carbocycles. The highest BCUT2D eigenvalue weighted by Crippen LogP contribution is 2.34. The normalized spacial score (nSPS) is 15.4. The molecule has 0 aliphatic carbocycles. The monoisotopic (exact) mass is 346 g/mol. The number of hydrogen-bond acceptors (Lipinski definition) is 2. The maximum Gasteiger partial charge on any atom is 0.335 e. The summed E-state index contributed by atoms with van der Waals surface area (Å²) >= 11 is 1.85. The Morgan fingerprint density at radius 1 is 1.41 bits per heavy atom. The van der Waals surface area contributed by atoms with Crippen molar-refractivity contribution in [1.82, 2.24) is 0 Å². The zero-order valence-corrected chi connectivity index (χ0v) is 11.7. The molecule has 0 bridgehead atoms. The minimum Gasteiger partial charge on any atom is -0.478 e. The largest absolute Gasteiger partial charge is 0.478 e. The van der Waals surface area contributed by atoms with Gasteiger partial charge in [-0.3, -0.25) is 0 Å². The standard InChI is InChI=1S/C13H15IO3/c1-2-8-13(17,11(9-14)12(15)16)10-6-4-3-5-7-10/h3-7,9,17H,2,8H2,1H3,(H,15,16)/b11-9-. The summed E-state index contributed by atoms with van der Waals surface area (Å²) in [6.07, 6.45) is 1.09. The van der Waals surface area contributed by atoms with Crippen LogP contribution in [0.2, 0.25) is 0 Å². The molecule has 0 radical (unpaired) electrons. The van der Waals surface area contributed by atoms with Crippen LogP contribution in [0.4, 0.5) is 0 Å². The highest BCUT2D eigenvalue weighted by molar-refractivity contribution is 14.1. The van der Waals surface area contributed by atoms with Gasteiger partial charge in [-0.25, -0.2) is 4.79 Å². The fraction of sp³-hybridized carbons (Fsp3) is 0.308. The highest BCUT2D eigenvalue weighted by atomic mass is 127. The molecular formula is C13H15IO3. The molecule has 0 aliphatic rings. The third-order valence-corrected chi connectivity index (χ3v) is 3.27. The summed E-state index contributed by atoms with van der Waals surface area (Å²) in [4.78, 5) is 11.2. The average molecular weight is 346 g/mol. The first-order valence-electron chi connectivity index (χ1n) is 5.38. The highest BCUT2D eigenvalue weighted by Gasteiger charge is 2.36. The molecule has 1 aromatic rings. The van der Waals surface area contributed by atoms with Gasteiger partial charge in [-0.15, -0.1) is 0 Å². The molecule has 92 valence electrons. The quantitative estimate of drug-likeness (QED) is 0.636. The molecule has 0 aromatic heterocycles. The van der Waals surface area contributed by atoms with E-state index in [-0.39, 0.29) is 5.57 Å². The molecule has 0 spiro atoms. The minimum atomic E-state index is -1.41. The van der Waals surface area contributed by atoms with Crippen molar-refractivity contribution >= 4 is 28.6 Å². The van der Waals surface area contributed by atoms with Gasteiger partial charge in [0.25, 0.3) is 0 Å². The lowest BCUT2D eigenvalue weighted by molar-refractivity contribution is -0.135. The van der Waals surface area contributed by atoms with Crippen LogP contribution in [0.15, 0.2) is 40.0 Å². The molecule has 1 unspecified atom stereocenters. The first kappa shape index (κ1) is 14.2. The molecule has 2 N–H and O–H groups in total. The molecule has 17 heavy (non-hydrogen) atoms. The van der Waals surface area contributed by atoms with Gasteiger partial charge in [-0.2, -0.15) is 0 Å². The van der Waals surface area contributed by atoms with E-state index in [0.717, 1.165) is 0 Å². The molecule has 1 aromatic carbocycles. The van der Waals surface area contributed by atoms with Crippen LogP contribution in [0.5, 0.6) is 0 Å². The molecule has 1 atom stereocenters. The zero-order chi connectivity index (χ0) is 12.9. The van der Waals surface area contributed by atoms with Crippen LogP contribution < -0.4 is 0 Å². The number of aliphatic hydroxyl groups is 1. The van der Waals surface area contributed by atoms with Crippen molar-refractivity contribution in [1.29, 1.82) is 0 Å². The van der Waals surface area contributed by atoms with E-state index >= 15 is 0 Å². The zero-order valence-electron chi connectivity index (χ0n) is 9.56. The van der Waals surface area contributed by atoms with Crippen molar-refractivity contribution in [2.24, 2.45) is 0 Å². The lowest BCUT2D eigenvalue weighted by atomic mass is 9.83. The summed E-state index contributed by atoms with van der Waals surface area (Å²) in [6, 6.07) is 8.92. The molecule has 4 heteroatoms. The fourth-order valence-corrected chi connectivity index (χ4v) is 2.61. The Kier molecular flexibility index (Phi) is 5.14. The molecule has 0 saturated heterocycles. The van der Waals surface area contributed by atoms with E-state index in [1.54, 1.807) is 24.3 Å². The van der Waals surface area contributed by atoms with Crippen LogP contribution >= 0.6 is 22.6 Å². The van der Waals surface area contributed by atoms with E-state index < -0.39 is 11.6 Å². The van der Waals surface area contributed by atoms with Gasteiger partial charge in [0.2, 0.25) is 0 Å². The third kappa shape index (κ3) is 3.07. The summed E-state index contributed by atoms with van der Waals surface area (Å²) in [5.41, 5.74) is -0.776. The molecule has 0 heterocycles. The number of aliphatic carboxylic acids is 1. The number of carboxylic acids is 1. The first-order chi connectivity index (χ1) is 8.06. The van der Waals surface area contributed by atoms with E-state index in [4.69, 9.17) is 5.11 Å². The number of hydrogen-bond donors (Lipinski definition) is 2. The van der Waals surface area contributed by atoms with E-state index in [0.29, 0.717) is 18.4 Å². The summed E-state index contributed by atoms with van der Waals surface area (Å²) in [5, 5.41) is 19.8. The predicted molar refractivity (Wildman–Crippen MR) is 75.0 cm³/mol. The maximum absolute atomic E-state index is 11.2. The maximum atomic E-state index is 11.2. The smallest absolute Gasteiger partial charge is 0.335 e. The van der Waals surface area contributed by atoms with Gasteiger partial charge < -0.3 is 10.2 Å². The Bertz CT molecular complexity index is 414. The van der Waals surface area contributed by atoms with Crippen LogP contribution in [-0.4, -0.2) is 16.2 Å². The second-order valence-corrected chi connectivity index (χ2v) is 4.43. The van der Waals surface area contributed by atoms with Crippen LogP contribution in [0.25, 0.3) is 0 Å². The molecule has 0 fully saturated rings. The molecule has 0 amide bonds. The number of halogens is 1. The fourth-order valence-electron chi connectivity index (χ4n) is 1.82. The van der Waals surface area contributed by atoms with Gasteiger partial charge in [-0.05, 0) is 16.1 Å². The van der Waals surface area contributed by atoms with Gasteiger partial charge in [0.1, 0.15) is 5.60 Å². The summed E-state index contributed by atoms with van der Waals surface area (Å²) in [6.45, 7) is 1.92. The van der Waals surface area contributed by atoms with Gasteiger partial charge in [0.05, 0.1) is 5.57 Å². The summed E-state index contributed by atoms with van der Waals surface area (Å²) in [7, 11) is 0. The number of carboxylic acid groups (broad SMARTS) is 1. The minimum absolute atomic E-state index is 0.0196. The average Bonchev–Trinajstić information content (AvgIpc) is 2.31. The molecular weight excluding hydrogens is 331 g/mol. The number of benzene rings is 1. The van der Waals surface area contributed by atoms with Gasteiger partial charge in [0, 0.05) is 0 Å². The molecule has 1 rings (SSSR count). The Balaban J connectivity index is 3.27. The predicted octanol–water partition coefficient (Wildman–Crippen LogP) is 3.08. The Morgan fingerprint density at radius 3 is 2.41 bits per heavy atom. The Morgan fingerprint density at radius 2 is 2.00 bits per heavy atom. The van der Waals surface area contributed by atoms with E-state index in [1.165, 1.54) is 4.08 Å². The summed E-state index contributed by atoms with van der Waals surface area (Å²) < 4.78 is 1.43. The van der Waals surface area contributed by atoms with Crippen LogP contribution in [0, 0.1) is 0 Å². The van der Waals surface area contributed by atoms with Crippen molar-refractivity contribution in [3.05, 3.63) is 45.6 Å². The lowest BCUT2D eigenvalue weighted by Gasteiger charge is -2.28. The van der Waals surface area contributed by atoms with Gasteiger partial charge in [-0.1, -0.05) is 66.3 Å². The van der Waals surface area contributed by atoms with E-state index in [2.05, 4.69) is 0 Å². The van der Waals surface area contributed by atoms with Crippen molar-refractivity contribution in [3.63, 3.8) is 0 Å².